The zero-order valence-electron chi connectivity index (χ0n) is 16.5. The molecule has 1 atom stereocenters. The predicted molar refractivity (Wildman–Crippen MR) is 114 cm³/mol. The van der Waals surface area contributed by atoms with Gasteiger partial charge in [0.15, 0.2) is 0 Å². The Bertz CT molecular complexity index is 590. The highest BCUT2D eigenvalue weighted by Gasteiger charge is 2.19. The summed E-state index contributed by atoms with van der Waals surface area (Å²) in [6.45, 7) is 17.0. The van der Waals surface area contributed by atoms with Gasteiger partial charge in [0.1, 0.15) is 0 Å². The first kappa shape index (κ1) is 21.0. The number of nitrogens with one attached hydrogen (secondary N) is 1. The fourth-order valence-corrected chi connectivity index (χ4v) is 3.01. The highest BCUT2D eigenvalue weighted by molar-refractivity contribution is 5.47. The van der Waals surface area contributed by atoms with Crippen LogP contribution in [0.1, 0.15) is 53.4 Å². The number of anilines is 1. The molecule has 0 aliphatic carbocycles. The first-order valence-electron chi connectivity index (χ1n) is 9.34. The van der Waals surface area contributed by atoms with Crippen molar-refractivity contribution in [1.82, 2.24) is 0 Å². The Morgan fingerprint density at radius 2 is 1.80 bits per heavy atom. The van der Waals surface area contributed by atoms with Crippen LogP contribution >= 0.6 is 0 Å². The fraction of sp³-hybridized carbons (Fsp3) is 0.417. The molecule has 0 aromatic heterocycles. The van der Waals surface area contributed by atoms with Gasteiger partial charge in [0, 0.05) is 16.8 Å². The molecule has 0 amide bonds. The molecule has 1 aromatic rings. The third-order valence-corrected chi connectivity index (χ3v) is 4.77. The van der Waals surface area contributed by atoms with Gasteiger partial charge in [-0.1, -0.05) is 82.0 Å². The van der Waals surface area contributed by atoms with Gasteiger partial charge in [-0.25, -0.2) is 0 Å². The SMILES string of the molecule is C=C/C=C\C(C)(C)/C(=C/C)CCC(C)CCC(=C)Nc1ccccc1. The number of para-hydroxylation sites is 1. The summed E-state index contributed by atoms with van der Waals surface area (Å²) in [5, 5.41) is 3.40. The van der Waals surface area contributed by atoms with Gasteiger partial charge in [-0.15, -0.1) is 0 Å². The Hall–Kier alpha value is -2.02. The molecule has 0 bridgehead atoms. The van der Waals surface area contributed by atoms with Crippen LogP contribution in [-0.2, 0) is 0 Å². The Labute approximate surface area is 155 Å². The van der Waals surface area contributed by atoms with Gasteiger partial charge < -0.3 is 5.32 Å². The third kappa shape index (κ3) is 8.07. The van der Waals surface area contributed by atoms with Crippen molar-refractivity contribution in [2.45, 2.75) is 53.4 Å². The maximum atomic E-state index is 4.17. The van der Waals surface area contributed by atoms with E-state index in [4.69, 9.17) is 0 Å². The zero-order chi connectivity index (χ0) is 18.7. The zero-order valence-corrected chi connectivity index (χ0v) is 16.5. The molecule has 0 radical (unpaired) electrons. The quantitative estimate of drug-likeness (QED) is 0.325. The van der Waals surface area contributed by atoms with Crippen molar-refractivity contribution in [2.24, 2.45) is 11.3 Å². The van der Waals surface area contributed by atoms with E-state index in [0.29, 0.717) is 5.92 Å². The van der Waals surface area contributed by atoms with Crippen molar-refractivity contribution in [3.8, 4) is 0 Å². The summed E-state index contributed by atoms with van der Waals surface area (Å²) in [7, 11) is 0. The predicted octanol–water partition coefficient (Wildman–Crippen LogP) is 7.52. The molecule has 0 aliphatic heterocycles. The largest absolute Gasteiger partial charge is 0.359 e. The standard InChI is InChI=1S/C24H35N/c1-7-9-19-24(5,6)22(8-2)18-16-20(3)15-17-21(4)25-23-13-11-10-12-14-23/h7-14,19-20,25H,1,4,15-18H2,2-3,5-6H3/b19-9-,22-8+. The monoisotopic (exact) mass is 337 g/mol. The van der Waals surface area contributed by atoms with E-state index in [9.17, 15) is 0 Å². The van der Waals surface area contributed by atoms with Crippen LogP contribution in [0.15, 0.2) is 79.1 Å². The van der Waals surface area contributed by atoms with Crippen LogP contribution in [0.5, 0.6) is 0 Å². The highest BCUT2D eigenvalue weighted by atomic mass is 14.9. The van der Waals surface area contributed by atoms with Crippen LogP contribution in [0.2, 0.25) is 0 Å². The van der Waals surface area contributed by atoms with Gasteiger partial charge in [0.05, 0.1) is 0 Å². The van der Waals surface area contributed by atoms with E-state index >= 15 is 0 Å². The first-order chi connectivity index (χ1) is 11.9. The molecule has 1 aromatic carbocycles. The van der Waals surface area contributed by atoms with Gasteiger partial charge in [0.2, 0.25) is 0 Å². The summed E-state index contributed by atoms with van der Waals surface area (Å²) < 4.78 is 0. The fourth-order valence-electron chi connectivity index (χ4n) is 3.01. The van der Waals surface area contributed by atoms with Crippen LogP contribution in [0.4, 0.5) is 5.69 Å². The van der Waals surface area contributed by atoms with Crippen molar-refractivity contribution in [1.29, 1.82) is 0 Å². The molecule has 0 aliphatic rings. The second kappa shape index (κ2) is 10.8. The number of rotatable bonds is 11. The first-order valence-corrected chi connectivity index (χ1v) is 9.34. The summed E-state index contributed by atoms with van der Waals surface area (Å²) in [5.74, 6) is 0.684. The lowest BCUT2D eigenvalue weighted by Crippen LogP contribution is -2.12. The van der Waals surface area contributed by atoms with Crippen LogP contribution in [-0.4, -0.2) is 0 Å². The molecule has 0 saturated carbocycles. The molecule has 1 heteroatoms. The molecule has 0 fully saturated rings. The molecule has 1 rings (SSSR count). The van der Waals surface area contributed by atoms with E-state index in [1.807, 2.05) is 30.4 Å². The van der Waals surface area contributed by atoms with Gasteiger partial charge in [-0.2, -0.15) is 0 Å². The average Bonchev–Trinajstić information content (AvgIpc) is 2.59. The molecule has 1 unspecified atom stereocenters. The second-order valence-electron chi connectivity index (χ2n) is 7.41. The summed E-state index contributed by atoms with van der Waals surface area (Å²) in [4.78, 5) is 0. The van der Waals surface area contributed by atoms with E-state index in [1.165, 1.54) is 18.4 Å². The number of hydrogen-bond acceptors (Lipinski definition) is 1. The van der Waals surface area contributed by atoms with E-state index in [-0.39, 0.29) is 5.41 Å². The Morgan fingerprint density at radius 1 is 1.16 bits per heavy atom. The third-order valence-electron chi connectivity index (χ3n) is 4.77. The van der Waals surface area contributed by atoms with Crippen molar-refractivity contribution in [3.63, 3.8) is 0 Å². The minimum atomic E-state index is 0.0983. The molecule has 0 heterocycles. The van der Waals surface area contributed by atoms with E-state index in [2.05, 4.69) is 70.5 Å². The lowest BCUT2D eigenvalue weighted by atomic mass is 9.79. The Balaban J connectivity index is 2.40. The van der Waals surface area contributed by atoms with E-state index in [1.54, 1.807) is 0 Å². The number of allylic oxidation sites excluding steroid dienone is 6. The van der Waals surface area contributed by atoms with Gasteiger partial charge in [-0.3, -0.25) is 0 Å². The summed E-state index contributed by atoms with van der Waals surface area (Å²) in [6.07, 6.45) is 12.9. The molecule has 25 heavy (non-hydrogen) atoms. The molecule has 0 saturated heterocycles. The minimum Gasteiger partial charge on any atom is -0.359 e. The van der Waals surface area contributed by atoms with Crippen LogP contribution in [0.25, 0.3) is 0 Å². The van der Waals surface area contributed by atoms with Crippen molar-refractivity contribution < 1.29 is 0 Å². The van der Waals surface area contributed by atoms with Gasteiger partial charge >= 0.3 is 0 Å². The molecule has 1 nitrogen and oxygen atoms in total. The van der Waals surface area contributed by atoms with Gasteiger partial charge in [0.25, 0.3) is 0 Å². The Kier molecular flexibility index (Phi) is 9.05. The van der Waals surface area contributed by atoms with Crippen LogP contribution < -0.4 is 5.32 Å². The maximum Gasteiger partial charge on any atom is 0.0381 e. The second-order valence-corrected chi connectivity index (χ2v) is 7.41. The molecule has 1 N–H and O–H groups in total. The molecule has 136 valence electrons. The van der Waals surface area contributed by atoms with E-state index < -0.39 is 0 Å². The van der Waals surface area contributed by atoms with Crippen molar-refractivity contribution in [2.75, 3.05) is 5.32 Å². The van der Waals surface area contributed by atoms with E-state index in [0.717, 1.165) is 24.2 Å². The number of benzene rings is 1. The molecular formula is C24H35N. The summed E-state index contributed by atoms with van der Waals surface area (Å²) >= 11 is 0. The molecular weight excluding hydrogens is 302 g/mol. The minimum absolute atomic E-state index is 0.0983. The summed E-state index contributed by atoms with van der Waals surface area (Å²) in [6, 6.07) is 10.3. The maximum absolute atomic E-state index is 4.17. The lowest BCUT2D eigenvalue weighted by molar-refractivity contribution is 0.459. The van der Waals surface area contributed by atoms with Crippen LogP contribution in [0, 0.1) is 11.3 Å². The van der Waals surface area contributed by atoms with Crippen molar-refractivity contribution in [3.05, 3.63) is 79.1 Å². The van der Waals surface area contributed by atoms with Crippen LogP contribution in [0.3, 0.4) is 0 Å². The highest BCUT2D eigenvalue weighted by Crippen LogP contribution is 2.33. The normalized spacial score (nSPS) is 13.7. The average molecular weight is 338 g/mol. The van der Waals surface area contributed by atoms with Crippen molar-refractivity contribution >= 4 is 5.69 Å². The van der Waals surface area contributed by atoms with Gasteiger partial charge in [-0.05, 0) is 50.7 Å². The lowest BCUT2D eigenvalue weighted by Gasteiger charge is -2.26. The number of hydrogen-bond donors (Lipinski definition) is 1. The topological polar surface area (TPSA) is 12.0 Å². The summed E-state index contributed by atoms with van der Waals surface area (Å²) in [5.41, 5.74) is 3.81. The smallest absolute Gasteiger partial charge is 0.0381 e. The Morgan fingerprint density at radius 3 is 2.40 bits per heavy atom. The molecule has 0 spiro atoms.